The number of nitrogens with zero attached hydrogens (tertiary/aromatic N) is 3. The second-order valence-electron chi connectivity index (χ2n) is 7.75. The molecule has 0 spiro atoms. The van der Waals surface area contributed by atoms with Crippen molar-refractivity contribution < 1.29 is 9.59 Å². The molecule has 1 fully saturated rings. The lowest BCUT2D eigenvalue weighted by Gasteiger charge is -2.23. The number of benzene rings is 1. The van der Waals surface area contributed by atoms with Crippen LogP contribution in [-0.2, 0) is 11.2 Å². The quantitative estimate of drug-likeness (QED) is 0.649. The van der Waals surface area contributed by atoms with E-state index >= 15 is 0 Å². The van der Waals surface area contributed by atoms with Gasteiger partial charge in [0.25, 0.3) is 5.91 Å². The van der Waals surface area contributed by atoms with Gasteiger partial charge in [-0.3, -0.25) is 9.59 Å². The third-order valence-electron chi connectivity index (χ3n) is 4.96. The minimum atomic E-state index is -0.468. The third kappa shape index (κ3) is 4.18. The smallest absolute Gasteiger partial charge is 0.266 e. The Labute approximate surface area is 178 Å². The molecule has 1 atom stereocenters. The molecule has 3 heterocycles. The van der Waals surface area contributed by atoms with Gasteiger partial charge in [0.05, 0.1) is 20.9 Å². The molecule has 0 aliphatic carbocycles. The summed E-state index contributed by atoms with van der Waals surface area (Å²) in [6.45, 7) is 6.75. The molecule has 1 aliphatic heterocycles. The lowest BCUT2D eigenvalue weighted by atomic mass is 10.1. The highest BCUT2D eigenvalue weighted by molar-refractivity contribution is 7.22. The average Bonchev–Trinajstić information content (AvgIpc) is 3.38. The summed E-state index contributed by atoms with van der Waals surface area (Å²) in [6, 6.07) is 7.32. The van der Waals surface area contributed by atoms with Crippen LogP contribution in [0.25, 0.3) is 10.2 Å². The van der Waals surface area contributed by atoms with Crippen LogP contribution in [0.2, 0.25) is 0 Å². The number of likely N-dealkylation sites (tertiary alicyclic amines) is 1. The van der Waals surface area contributed by atoms with E-state index in [9.17, 15) is 9.59 Å². The number of amides is 2. The zero-order chi connectivity index (χ0) is 20.5. The summed E-state index contributed by atoms with van der Waals surface area (Å²) in [7, 11) is 0. The molecule has 1 aliphatic rings. The Morgan fingerprint density at radius 3 is 2.79 bits per heavy atom. The zero-order valence-electron chi connectivity index (χ0n) is 16.8. The second kappa shape index (κ2) is 8.20. The molecule has 29 heavy (non-hydrogen) atoms. The standard InChI is InChI=1S/C21H24N4O2S2/c1-12(2)11-17-22-13(3)18(29-17)20(27)25-10-6-8-15(25)19(26)24-21-23-14-7-4-5-9-16(14)28-21/h4-5,7,9,12,15H,6,8,10-11H2,1-3H3,(H,23,24,26). The van der Waals surface area contributed by atoms with Crippen molar-refractivity contribution >= 4 is 49.8 Å². The molecule has 1 saturated heterocycles. The number of thiazole rings is 2. The van der Waals surface area contributed by atoms with E-state index in [1.54, 1.807) is 4.90 Å². The molecule has 0 bridgehead atoms. The zero-order valence-corrected chi connectivity index (χ0v) is 18.4. The van der Waals surface area contributed by atoms with Crippen molar-refractivity contribution in [1.82, 2.24) is 14.9 Å². The molecular formula is C21H24N4O2S2. The summed E-state index contributed by atoms with van der Waals surface area (Å²) in [4.78, 5) is 37.5. The van der Waals surface area contributed by atoms with Crippen LogP contribution in [0.4, 0.5) is 5.13 Å². The van der Waals surface area contributed by atoms with Crippen molar-refractivity contribution in [3.05, 3.63) is 39.8 Å². The number of hydrogen-bond donors (Lipinski definition) is 1. The Kier molecular flexibility index (Phi) is 5.65. The van der Waals surface area contributed by atoms with Gasteiger partial charge in [0.15, 0.2) is 5.13 Å². The van der Waals surface area contributed by atoms with Gasteiger partial charge in [0.1, 0.15) is 10.9 Å². The molecule has 8 heteroatoms. The average molecular weight is 429 g/mol. The number of carbonyl (C=O) groups is 2. The Balaban J connectivity index is 1.50. The Hall–Kier alpha value is -2.32. The van der Waals surface area contributed by atoms with Gasteiger partial charge in [-0.05, 0) is 37.8 Å². The number of hydrogen-bond acceptors (Lipinski definition) is 6. The molecule has 3 aromatic rings. The summed E-state index contributed by atoms with van der Waals surface area (Å²) in [5, 5.41) is 4.47. The van der Waals surface area contributed by atoms with E-state index in [1.807, 2.05) is 31.2 Å². The maximum Gasteiger partial charge on any atom is 0.266 e. The van der Waals surface area contributed by atoms with Crippen molar-refractivity contribution in [2.24, 2.45) is 5.92 Å². The number of rotatable bonds is 5. The van der Waals surface area contributed by atoms with Gasteiger partial charge in [0, 0.05) is 13.0 Å². The fraction of sp³-hybridized carbons (Fsp3) is 0.429. The Bertz CT molecular complexity index is 1020. The topological polar surface area (TPSA) is 75.2 Å². The molecule has 0 saturated carbocycles. The molecule has 2 aromatic heterocycles. The number of aryl methyl sites for hydroxylation is 1. The first-order chi connectivity index (χ1) is 13.9. The summed E-state index contributed by atoms with van der Waals surface area (Å²) in [5.74, 6) is 0.235. The maximum absolute atomic E-state index is 13.2. The third-order valence-corrected chi connectivity index (χ3v) is 7.08. The van der Waals surface area contributed by atoms with Gasteiger partial charge in [-0.15, -0.1) is 11.3 Å². The van der Waals surface area contributed by atoms with Gasteiger partial charge in [-0.2, -0.15) is 0 Å². The van der Waals surface area contributed by atoms with Crippen LogP contribution in [0.1, 0.15) is 47.1 Å². The van der Waals surface area contributed by atoms with Crippen molar-refractivity contribution in [3.63, 3.8) is 0 Å². The van der Waals surface area contributed by atoms with Gasteiger partial charge in [-0.25, -0.2) is 9.97 Å². The fourth-order valence-corrected chi connectivity index (χ4v) is 5.72. The minimum Gasteiger partial charge on any atom is -0.326 e. The molecule has 4 rings (SSSR count). The van der Waals surface area contributed by atoms with Crippen LogP contribution in [0.5, 0.6) is 0 Å². The predicted octanol–water partition coefficient (Wildman–Crippen LogP) is 4.50. The van der Waals surface area contributed by atoms with E-state index in [2.05, 4.69) is 29.1 Å². The summed E-state index contributed by atoms with van der Waals surface area (Å²) >= 11 is 2.91. The second-order valence-corrected chi connectivity index (χ2v) is 9.87. The number of para-hydroxylation sites is 1. The number of anilines is 1. The van der Waals surface area contributed by atoms with E-state index in [0.29, 0.717) is 28.9 Å². The summed E-state index contributed by atoms with van der Waals surface area (Å²) in [5.41, 5.74) is 1.62. The minimum absolute atomic E-state index is 0.0862. The number of fused-ring (bicyclic) bond motifs is 1. The Morgan fingerprint density at radius 2 is 2.03 bits per heavy atom. The number of aromatic nitrogens is 2. The van der Waals surface area contributed by atoms with Crippen molar-refractivity contribution in [3.8, 4) is 0 Å². The van der Waals surface area contributed by atoms with Gasteiger partial charge in [0.2, 0.25) is 5.91 Å². The van der Waals surface area contributed by atoms with Crippen LogP contribution in [0, 0.1) is 12.8 Å². The van der Waals surface area contributed by atoms with E-state index < -0.39 is 6.04 Å². The van der Waals surface area contributed by atoms with Crippen molar-refractivity contribution in [1.29, 1.82) is 0 Å². The van der Waals surface area contributed by atoms with E-state index in [4.69, 9.17) is 0 Å². The first kappa shape index (κ1) is 20.0. The SMILES string of the molecule is Cc1nc(CC(C)C)sc1C(=O)N1CCCC1C(=O)Nc1nc2ccccc2s1. The molecule has 0 radical (unpaired) electrons. The van der Waals surface area contributed by atoms with Crippen LogP contribution >= 0.6 is 22.7 Å². The lowest BCUT2D eigenvalue weighted by molar-refractivity contribution is -0.119. The molecule has 152 valence electrons. The molecule has 1 unspecified atom stereocenters. The highest BCUT2D eigenvalue weighted by Gasteiger charge is 2.36. The molecule has 1 N–H and O–H groups in total. The van der Waals surface area contributed by atoms with Crippen molar-refractivity contribution in [2.45, 2.75) is 46.1 Å². The fourth-order valence-electron chi connectivity index (χ4n) is 3.61. The van der Waals surface area contributed by atoms with Gasteiger partial charge < -0.3 is 10.2 Å². The first-order valence-electron chi connectivity index (χ1n) is 9.86. The molecule has 6 nitrogen and oxygen atoms in total. The lowest BCUT2D eigenvalue weighted by Crippen LogP contribution is -2.43. The number of carbonyl (C=O) groups excluding carboxylic acids is 2. The molecular weight excluding hydrogens is 404 g/mol. The van der Waals surface area contributed by atoms with Crippen LogP contribution in [0.15, 0.2) is 24.3 Å². The van der Waals surface area contributed by atoms with Crippen molar-refractivity contribution in [2.75, 3.05) is 11.9 Å². The van der Waals surface area contributed by atoms with E-state index in [1.165, 1.54) is 22.7 Å². The molecule has 1 aromatic carbocycles. The maximum atomic E-state index is 13.2. The molecule has 2 amide bonds. The highest BCUT2D eigenvalue weighted by atomic mass is 32.1. The van der Waals surface area contributed by atoms with E-state index in [0.717, 1.165) is 33.8 Å². The van der Waals surface area contributed by atoms with Gasteiger partial charge in [-0.1, -0.05) is 37.3 Å². The van der Waals surface area contributed by atoms with Crippen LogP contribution in [0.3, 0.4) is 0 Å². The summed E-state index contributed by atoms with van der Waals surface area (Å²) < 4.78 is 1.03. The monoisotopic (exact) mass is 428 g/mol. The summed E-state index contributed by atoms with van der Waals surface area (Å²) in [6.07, 6.45) is 2.35. The highest BCUT2D eigenvalue weighted by Crippen LogP contribution is 2.29. The van der Waals surface area contributed by atoms with Crippen LogP contribution in [-0.4, -0.2) is 39.3 Å². The normalized spacial score (nSPS) is 16.7. The van der Waals surface area contributed by atoms with E-state index in [-0.39, 0.29) is 11.8 Å². The first-order valence-corrected chi connectivity index (χ1v) is 11.5. The predicted molar refractivity (Wildman–Crippen MR) is 118 cm³/mol. The van der Waals surface area contributed by atoms with Gasteiger partial charge >= 0.3 is 0 Å². The number of nitrogens with one attached hydrogen (secondary N) is 1. The largest absolute Gasteiger partial charge is 0.326 e. The Morgan fingerprint density at radius 1 is 1.24 bits per heavy atom. The van der Waals surface area contributed by atoms with Crippen LogP contribution < -0.4 is 5.32 Å².